The molecule has 1 heterocycles. The van der Waals surface area contributed by atoms with Crippen LogP contribution in [0, 0.1) is 0 Å². The van der Waals surface area contributed by atoms with E-state index in [4.69, 9.17) is 4.99 Å². The van der Waals surface area contributed by atoms with Gasteiger partial charge in [-0.3, -0.25) is 0 Å². The molecule has 2 nitrogen and oxygen atoms in total. The fraction of sp³-hybridized carbons (Fsp3) is 0.0408. The molecule has 2 heteroatoms. The summed E-state index contributed by atoms with van der Waals surface area (Å²) in [5.41, 5.74) is 16.2. The Kier molecular flexibility index (Phi) is 7.44. The van der Waals surface area contributed by atoms with Gasteiger partial charge in [0.25, 0.3) is 0 Å². The molecular formula is C49H36N2. The number of fused-ring (bicyclic) bond motifs is 6. The van der Waals surface area contributed by atoms with E-state index < -0.39 is 5.41 Å². The van der Waals surface area contributed by atoms with E-state index in [0.717, 1.165) is 39.6 Å². The van der Waals surface area contributed by atoms with Crippen LogP contribution in [0.4, 0.5) is 17.1 Å². The van der Waals surface area contributed by atoms with E-state index in [0.29, 0.717) is 0 Å². The minimum atomic E-state index is -0.646. The van der Waals surface area contributed by atoms with Gasteiger partial charge in [-0.25, -0.2) is 4.99 Å². The zero-order valence-electron chi connectivity index (χ0n) is 28.5. The van der Waals surface area contributed by atoms with Crippen molar-refractivity contribution in [2.45, 2.75) is 12.3 Å². The fourth-order valence-corrected chi connectivity index (χ4v) is 8.25. The molecule has 1 spiro atoms. The third kappa shape index (κ3) is 4.83. The molecule has 9 rings (SSSR count). The summed E-state index contributed by atoms with van der Waals surface area (Å²) in [6.07, 6.45) is 0. The van der Waals surface area contributed by atoms with Crippen LogP contribution in [0.2, 0.25) is 0 Å². The fourth-order valence-electron chi connectivity index (χ4n) is 8.25. The van der Waals surface area contributed by atoms with Crippen molar-refractivity contribution in [2.24, 2.45) is 4.99 Å². The lowest BCUT2D eigenvalue weighted by molar-refractivity contribution is 0.754. The van der Waals surface area contributed by atoms with Gasteiger partial charge in [0.15, 0.2) is 0 Å². The number of benzene rings is 7. The number of allylic oxidation sites excluding steroid dienone is 2. The summed E-state index contributed by atoms with van der Waals surface area (Å²) >= 11 is 0. The largest absolute Gasteiger partial charge is 0.310 e. The molecule has 0 saturated carbocycles. The Labute approximate surface area is 300 Å². The van der Waals surface area contributed by atoms with Gasteiger partial charge in [0.05, 0.1) is 28.2 Å². The summed E-state index contributed by atoms with van der Waals surface area (Å²) in [5, 5.41) is 0. The molecule has 0 bridgehead atoms. The van der Waals surface area contributed by atoms with Crippen LogP contribution in [0.5, 0.6) is 0 Å². The maximum atomic E-state index is 5.56. The highest BCUT2D eigenvalue weighted by Crippen LogP contribution is 2.63. The molecule has 242 valence electrons. The van der Waals surface area contributed by atoms with E-state index in [1.807, 2.05) is 18.2 Å². The van der Waals surface area contributed by atoms with E-state index in [1.165, 1.54) is 44.5 Å². The van der Waals surface area contributed by atoms with E-state index in [9.17, 15) is 0 Å². The number of anilines is 3. The first-order chi connectivity index (χ1) is 25.2. The van der Waals surface area contributed by atoms with Crippen LogP contribution >= 0.6 is 0 Å². The Morgan fingerprint density at radius 1 is 0.490 bits per heavy atom. The first-order valence-electron chi connectivity index (χ1n) is 17.5. The molecule has 0 radical (unpaired) electrons. The summed E-state index contributed by atoms with van der Waals surface area (Å²) in [6.45, 7) is 6.83. The van der Waals surface area contributed by atoms with Crippen molar-refractivity contribution in [3.05, 3.63) is 234 Å². The molecule has 0 fully saturated rings. The SMILES string of the molecule is C=C(N=C(C1=C(C)c2ccccc2C12c1ccccc1N(c1ccccc1)c1ccccc12)c1ccc(-c2ccccc2)cc1)c1ccccc1. The third-order valence-electron chi connectivity index (χ3n) is 10.5. The molecule has 1 aliphatic carbocycles. The second-order valence-electron chi connectivity index (χ2n) is 13.2. The maximum Gasteiger partial charge on any atom is 0.0772 e. The number of rotatable bonds is 6. The van der Waals surface area contributed by atoms with Crippen LogP contribution in [0.25, 0.3) is 22.4 Å². The molecule has 7 aromatic carbocycles. The van der Waals surface area contributed by atoms with Gasteiger partial charge in [0, 0.05) is 16.8 Å². The van der Waals surface area contributed by atoms with Gasteiger partial charge in [-0.2, -0.15) is 0 Å². The number of aliphatic imine (C=N–C) groups is 1. The Hall–Kier alpha value is -6.51. The number of para-hydroxylation sites is 3. The van der Waals surface area contributed by atoms with Crippen LogP contribution in [0.3, 0.4) is 0 Å². The lowest BCUT2D eigenvalue weighted by Gasteiger charge is -2.46. The molecule has 0 amide bonds. The van der Waals surface area contributed by atoms with Crippen LogP contribution in [-0.2, 0) is 5.41 Å². The van der Waals surface area contributed by atoms with E-state index >= 15 is 0 Å². The summed E-state index contributed by atoms with van der Waals surface area (Å²) in [4.78, 5) is 7.97. The average molecular weight is 653 g/mol. The highest BCUT2D eigenvalue weighted by Gasteiger charge is 2.53. The van der Waals surface area contributed by atoms with Gasteiger partial charge in [0.1, 0.15) is 0 Å². The van der Waals surface area contributed by atoms with Crippen molar-refractivity contribution in [1.82, 2.24) is 0 Å². The Morgan fingerprint density at radius 3 is 1.61 bits per heavy atom. The Bertz CT molecular complexity index is 2430. The van der Waals surface area contributed by atoms with Crippen molar-refractivity contribution < 1.29 is 0 Å². The minimum absolute atomic E-state index is 0.646. The number of nitrogens with zero attached hydrogens (tertiary/aromatic N) is 2. The summed E-state index contributed by atoms with van der Waals surface area (Å²) in [7, 11) is 0. The molecule has 0 atom stereocenters. The Balaban J connectivity index is 1.36. The standard InChI is InChI=1S/C49H36N2/c1-34-41-24-12-13-25-42(41)49(43-26-14-16-28-45(43)51(40-22-10-5-11-23-40)46-29-17-15-27-44(46)49)47(34)48(50-35(2)36-18-6-3-7-19-36)39-32-30-38(31-33-39)37-20-8-4-9-21-37/h3-33H,2H2,1H3. The predicted octanol–water partition coefficient (Wildman–Crippen LogP) is 12.4. The topological polar surface area (TPSA) is 15.6 Å². The van der Waals surface area contributed by atoms with Gasteiger partial charge in [0.2, 0.25) is 0 Å². The van der Waals surface area contributed by atoms with Crippen molar-refractivity contribution in [3.8, 4) is 11.1 Å². The highest BCUT2D eigenvalue weighted by molar-refractivity contribution is 6.23. The number of hydrogen-bond donors (Lipinski definition) is 0. The molecule has 51 heavy (non-hydrogen) atoms. The molecule has 0 aromatic heterocycles. The van der Waals surface area contributed by atoms with Gasteiger partial charge in [-0.05, 0) is 75.7 Å². The van der Waals surface area contributed by atoms with Crippen molar-refractivity contribution >= 4 is 34.0 Å². The monoisotopic (exact) mass is 652 g/mol. The zero-order chi connectivity index (χ0) is 34.4. The minimum Gasteiger partial charge on any atom is -0.310 e. The van der Waals surface area contributed by atoms with E-state index in [2.05, 4.69) is 188 Å². The molecule has 1 aliphatic heterocycles. The Morgan fingerprint density at radius 2 is 0.980 bits per heavy atom. The van der Waals surface area contributed by atoms with Crippen molar-refractivity contribution in [2.75, 3.05) is 4.90 Å². The van der Waals surface area contributed by atoms with E-state index in [-0.39, 0.29) is 0 Å². The smallest absolute Gasteiger partial charge is 0.0772 e. The lowest BCUT2D eigenvalue weighted by Crippen LogP contribution is -2.39. The van der Waals surface area contributed by atoms with Gasteiger partial charge in [-0.15, -0.1) is 0 Å². The molecule has 7 aromatic rings. The molecule has 0 saturated heterocycles. The zero-order valence-corrected chi connectivity index (χ0v) is 28.5. The van der Waals surface area contributed by atoms with Gasteiger partial charge < -0.3 is 4.90 Å². The highest BCUT2D eigenvalue weighted by atomic mass is 15.2. The molecule has 0 unspecified atom stereocenters. The van der Waals surface area contributed by atoms with Gasteiger partial charge >= 0.3 is 0 Å². The maximum absolute atomic E-state index is 5.56. The second kappa shape index (κ2) is 12.4. The summed E-state index contributed by atoms with van der Waals surface area (Å²) in [5.74, 6) is 0. The predicted molar refractivity (Wildman–Crippen MR) is 214 cm³/mol. The normalized spacial score (nSPS) is 14.2. The average Bonchev–Trinajstić information content (AvgIpc) is 3.46. The van der Waals surface area contributed by atoms with Crippen LogP contribution in [-0.4, -0.2) is 5.71 Å². The second-order valence-corrected chi connectivity index (χ2v) is 13.2. The van der Waals surface area contributed by atoms with Crippen LogP contribution in [0.1, 0.15) is 40.3 Å². The van der Waals surface area contributed by atoms with E-state index in [1.54, 1.807) is 0 Å². The summed E-state index contributed by atoms with van der Waals surface area (Å²) in [6, 6.07) is 67.2. The van der Waals surface area contributed by atoms with Crippen LogP contribution in [0.15, 0.2) is 205 Å². The van der Waals surface area contributed by atoms with Gasteiger partial charge in [-0.1, -0.05) is 170 Å². The van der Waals surface area contributed by atoms with Crippen molar-refractivity contribution in [1.29, 1.82) is 0 Å². The first kappa shape index (κ1) is 30.5. The lowest BCUT2D eigenvalue weighted by atomic mass is 9.62. The molecular weight excluding hydrogens is 617 g/mol. The third-order valence-corrected chi connectivity index (χ3v) is 10.5. The summed E-state index contributed by atoms with van der Waals surface area (Å²) < 4.78 is 0. The van der Waals surface area contributed by atoms with Crippen LogP contribution < -0.4 is 4.90 Å². The van der Waals surface area contributed by atoms with Crippen molar-refractivity contribution in [3.63, 3.8) is 0 Å². The first-order valence-corrected chi connectivity index (χ1v) is 17.5. The molecule has 2 aliphatic rings. The quantitative estimate of drug-likeness (QED) is 0.163. The number of hydrogen-bond acceptors (Lipinski definition) is 2. The molecule has 0 N–H and O–H groups in total.